The van der Waals surface area contributed by atoms with Crippen LogP contribution in [0.4, 0.5) is 0 Å². The normalized spacial score (nSPS) is 18.2. The molecule has 0 spiro atoms. The molecule has 1 heterocycles. The van der Waals surface area contributed by atoms with Crippen molar-refractivity contribution in [3.05, 3.63) is 29.3 Å². The molecule has 0 aliphatic carbocycles. The Kier molecular flexibility index (Phi) is 3.12. The second kappa shape index (κ2) is 4.54. The van der Waals surface area contributed by atoms with E-state index in [1.54, 1.807) is 12.1 Å². The first-order valence-corrected chi connectivity index (χ1v) is 5.62. The minimum Gasteiger partial charge on any atom is -0.508 e. The predicted molar refractivity (Wildman–Crippen MR) is 62.3 cm³/mol. The lowest BCUT2D eigenvalue weighted by molar-refractivity contribution is 0.255. The topological polar surface area (TPSA) is 47.3 Å². The van der Waals surface area contributed by atoms with Gasteiger partial charge < -0.3 is 10.0 Å². The quantitative estimate of drug-likeness (QED) is 0.781. The van der Waals surface area contributed by atoms with Crippen LogP contribution < -0.4 is 0 Å². The molecule has 0 saturated carbocycles. The maximum atomic E-state index is 9.35. The van der Waals surface area contributed by atoms with Gasteiger partial charge in [0.15, 0.2) is 0 Å². The van der Waals surface area contributed by atoms with Gasteiger partial charge in [-0.15, -0.1) is 0 Å². The van der Waals surface area contributed by atoms with Gasteiger partial charge in [0.05, 0.1) is 11.6 Å². The Morgan fingerprint density at radius 2 is 2.06 bits per heavy atom. The average molecular weight is 216 g/mol. The van der Waals surface area contributed by atoms with Gasteiger partial charge in [0.2, 0.25) is 0 Å². The molecular formula is C13H16N2O. The van der Waals surface area contributed by atoms with Gasteiger partial charge in [-0.3, -0.25) is 0 Å². The number of aromatic hydroxyl groups is 1. The molecule has 3 nitrogen and oxygen atoms in total. The van der Waals surface area contributed by atoms with Crippen molar-refractivity contribution in [1.29, 1.82) is 5.26 Å². The summed E-state index contributed by atoms with van der Waals surface area (Å²) < 4.78 is 0. The molecule has 1 saturated heterocycles. The van der Waals surface area contributed by atoms with Gasteiger partial charge in [-0.1, -0.05) is 6.07 Å². The van der Waals surface area contributed by atoms with Gasteiger partial charge in [-0.25, -0.2) is 0 Å². The average Bonchev–Trinajstić information content (AvgIpc) is 2.30. The number of phenols is 1. The molecule has 2 rings (SSSR count). The van der Waals surface area contributed by atoms with Gasteiger partial charge in [0.25, 0.3) is 0 Å². The molecule has 84 valence electrons. The third-order valence-corrected chi connectivity index (χ3v) is 3.32. The Bertz CT molecular complexity index is 414. The predicted octanol–water partition coefficient (Wildman–Crippen LogP) is 2.07. The summed E-state index contributed by atoms with van der Waals surface area (Å²) >= 11 is 0. The van der Waals surface area contributed by atoms with E-state index in [1.807, 2.05) is 6.07 Å². The zero-order valence-corrected chi connectivity index (χ0v) is 9.48. The number of benzene rings is 1. The Balaban J connectivity index is 2.24. The summed E-state index contributed by atoms with van der Waals surface area (Å²) in [6, 6.07) is 7.30. The monoisotopic (exact) mass is 216 g/mol. The molecule has 0 unspecified atom stereocenters. The van der Waals surface area contributed by atoms with Crippen molar-refractivity contribution in [1.82, 2.24) is 4.90 Å². The number of hydrogen-bond donors (Lipinski definition) is 1. The van der Waals surface area contributed by atoms with Crippen molar-refractivity contribution in [3.8, 4) is 11.8 Å². The van der Waals surface area contributed by atoms with E-state index in [4.69, 9.17) is 5.26 Å². The van der Waals surface area contributed by atoms with E-state index in [2.05, 4.69) is 18.0 Å². The summed E-state index contributed by atoms with van der Waals surface area (Å²) in [5.41, 5.74) is 1.71. The molecule has 1 N–H and O–H groups in total. The van der Waals surface area contributed by atoms with Crippen LogP contribution in [0.3, 0.4) is 0 Å². The van der Waals surface area contributed by atoms with Crippen LogP contribution in [0.5, 0.6) is 5.75 Å². The van der Waals surface area contributed by atoms with Gasteiger partial charge in [-0.2, -0.15) is 5.26 Å². The van der Waals surface area contributed by atoms with E-state index in [0.717, 1.165) is 31.5 Å². The summed E-state index contributed by atoms with van der Waals surface area (Å²) in [6.45, 7) is 2.16. The standard InChI is InChI=1S/C13H16N2O/c1-15-6-4-10(5-7-15)13-3-2-12(16)8-11(13)9-14/h2-3,8,10,16H,4-7H2,1H3. The number of nitrogens with zero attached hydrogens (tertiary/aromatic N) is 2. The minimum absolute atomic E-state index is 0.174. The van der Waals surface area contributed by atoms with Crippen LogP contribution in [-0.2, 0) is 0 Å². The molecule has 16 heavy (non-hydrogen) atoms. The van der Waals surface area contributed by atoms with E-state index in [1.165, 1.54) is 0 Å². The minimum atomic E-state index is 0.174. The molecule has 0 bridgehead atoms. The first-order valence-electron chi connectivity index (χ1n) is 5.62. The Labute approximate surface area is 95.9 Å². The molecule has 1 aliphatic heterocycles. The third-order valence-electron chi connectivity index (χ3n) is 3.32. The second-order valence-corrected chi connectivity index (χ2v) is 4.46. The number of rotatable bonds is 1. The maximum absolute atomic E-state index is 9.35. The Morgan fingerprint density at radius 1 is 1.38 bits per heavy atom. The SMILES string of the molecule is CN1CCC(c2ccc(O)cc2C#N)CC1. The first-order chi connectivity index (χ1) is 7.70. The number of phenolic OH excluding ortho intramolecular Hbond substituents is 1. The fraction of sp³-hybridized carbons (Fsp3) is 0.462. The van der Waals surface area contributed by atoms with Crippen molar-refractivity contribution < 1.29 is 5.11 Å². The molecule has 1 aromatic carbocycles. The van der Waals surface area contributed by atoms with E-state index in [9.17, 15) is 5.11 Å². The van der Waals surface area contributed by atoms with Crippen LogP contribution in [0.15, 0.2) is 18.2 Å². The van der Waals surface area contributed by atoms with E-state index >= 15 is 0 Å². The Hall–Kier alpha value is -1.53. The van der Waals surface area contributed by atoms with Crippen molar-refractivity contribution in [2.75, 3.05) is 20.1 Å². The molecule has 1 aromatic rings. The second-order valence-electron chi connectivity index (χ2n) is 4.46. The third kappa shape index (κ3) is 2.17. The first kappa shape index (κ1) is 11.0. The zero-order chi connectivity index (χ0) is 11.5. The van der Waals surface area contributed by atoms with Crippen LogP contribution in [-0.4, -0.2) is 30.1 Å². The summed E-state index contributed by atoms with van der Waals surface area (Å²) in [7, 11) is 2.12. The molecule has 0 aromatic heterocycles. The van der Waals surface area contributed by atoms with Crippen molar-refractivity contribution in [2.24, 2.45) is 0 Å². The van der Waals surface area contributed by atoms with Crippen LogP contribution in [0.25, 0.3) is 0 Å². The van der Waals surface area contributed by atoms with Gasteiger partial charge in [0, 0.05) is 0 Å². The molecule has 0 radical (unpaired) electrons. The van der Waals surface area contributed by atoms with E-state index in [0.29, 0.717) is 11.5 Å². The van der Waals surface area contributed by atoms with Crippen LogP contribution >= 0.6 is 0 Å². The summed E-state index contributed by atoms with van der Waals surface area (Å²) in [5, 5.41) is 18.4. The summed E-state index contributed by atoms with van der Waals surface area (Å²) in [4.78, 5) is 2.31. The lowest BCUT2D eigenvalue weighted by Gasteiger charge is -2.29. The Morgan fingerprint density at radius 3 is 2.69 bits per heavy atom. The highest BCUT2D eigenvalue weighted by Crippen LogP contribution is 2.31. The summed E-state index contributed by atoms with van der Waals surface area (Å²) in [5.74, 6) is 0.639. The fourth-order valence-corrected chi connectivity index (χ4v) is 2.32. The molecule has 0 amide bonds. The van der Waals surface area contributed by atoms with Crippen LogP contribution in [0, 0.1) is 11.3 Å². The summed E-state index contributed by atoms with van der Waals surface area (Å²) in [6.07, 6.45) is 2.19. The number of nitriles is 1. The van der Waals surface area contributed by atoms with Crippen molar-refractivity contribution in [3.63, 3.8) is 0 Å². The van der Waals surface area contributed by atoms with Gasteiger partial charge >= 0.3 is 0 Å². The van der Waals surface area contributed by atoms with Crippen molar-refractivity contribution in [2.45, 2.75) is 18.8 Å². The molecule has 0 atom stereocenters. The van der Waals surface area contributed by atoms with Crippen LogP contribution in [0.1, 0.15) is 29.9 Å². The highest BCUT2D eigenvalue weighted by atomic mass is 16.3. The highest BCUT2D eigenvalue weighted by Gasteiger charge is 2.20. The van der Waals surface area contributed by atoms with Gasteiger partial charge in [-0.05, 0) is 56.6 Å². The largest absolute Gasteiger partial charge is 0.508 e. The van der Waals surface area contributed by atoms with Crippen molar-refractivity contribution >= 4 is 0 Å². The molecular weight excluding hydrogens is 200 g/mol. The molecule has 1 aliphatic rings. The number of piperidine rings is 1. The molecule has 3 heteroatoms. The lowest BCUT2D eigenvalue weighted by atomic mass is 9.87. The number of hydrogen-bond acceptors (Lipinski definition) is 3. The smallest absolute Gasteiger partial charge is 0.116 e. The number of likely N-dealkylation sites (tertiary alicyclic amines) is 1. The van der Waals surface area contributed by atoms with Crippen LogP contribution in [0.2, 0.25) is 0 Å². The maximum Gasteiger partial charge on any atom is 0.116 e. The fourth-order valence-electron chi connectivity index (χ4n) is 2.32. The van der Waals surface area contributed by atoms with Gasteiger partial charge in [0.1, 0.15) is 5.75 Å². The van der Waals surface area contributed by atoms with E-state index in [-0.39, 0.29) is 5.75 Å². The zero-order valence-electron chi connectivity index (χ0n) is 9.48. The lowest BCUT2D eigenvalue weighted by Crippen LogP contribution is -2.29. The highest BCUT2D eigenvalue weighted by molar-refractivity contribution is 5.44. The van der Waals surface area contributed by atoms with E-state index < -0.39 is 0 Å². The molecule has 1 fully saturated rings.